The fourth-order valence-corrected chi connectivity index (χ4v) is 1.30. The highest BCUT2D eigenvalue weighted by atomic mass is 127. The molecule has 0 fully saturated rings. The van der Waals surface area contributed by atoms with E-state index in [1.165, 1.54) is 19.2 Å². The molecule has 1 rings (SSSR count). The molecule has 0 radical (unpaired) electrons. The Morgan fingerprint density at radius 1 is 1.62 bits per heavy atom. The SMILES string of the molecule is COC(=O)c1cc(N)c(I)cc1O. The number of rotatable bonds is 1. The number of carbonyl (C=O) groups is 1. The van der Waals surface area contributed by atoms with Gasteiger partial charge in [-0.05, 0) is 34.7 Å². The van der Waals surface area contributed by atoms with Crippen LogP contribution in [0.25, 0.3) is 0 Å². The summed E-state index contributed by atoms with van der Waals surface area (Å²) in [4.78, 5) is 11.1. The van der Waals surface area contributed by atoms with Gasteiger partial charge in [0.1, 0.15) is 11.3 Å². The average molecular weight is 293 g/mol. The lowest BCUT2D eigenvalue weighted by Crippen LogP contribution is -2.03. The molecule has 0 atom stereocenters. The number of phenolic OH excluding ortho intramolecular Hbond substituents is 1. The second kappa shape index (κ2) is 3.82. The van der Waals surface area contributed by atoms with Gasteiger partial charge in [-0.25, -0.2) is 4.79 Å². The Hall–Kier alpha value is -0.980. The number of phenols is 1. The van der Waals surface area contributed by atoms with Crippen molar-refractivity contribution in [2.45, 2.75) is 0 Å². The van der Waals surface area contributed by atoms with Crippen LogP contribution in [0.4, 0.5) is 5.69 Å². The number of hydrogen-bond acceptors (Lipinski definition) is 4. The van der Waals surface area contributed by atoms with E-state index in [-0.39, 0.29) is 11.3 Å². The van der Waals surface area contributed by atoms with Crippen molar-refractivity contribution in [2.24, 2.45) is 0 Å². The maximum atomic E-state index is 11.1. The van der Waals surface area contributed by atoms with Crippen molar-refractivity contribution >= 4 is 34.2 Å². The fraction of sp³-hybridized carbons (Fsp3) is 0.125. The lowest BCUT2D eigenvalue weighted by atomic mass is 10.2. The molecule has 0 aliphatic carbocycles. The van der Waals surface area contributed by atoms with Crippen molar-refractivity contribution in [1.82, 2.24) is 0 Å². The zero-order valence-corrected chi connectivity index (χ0v) is 9.03. The molecular formula is C8H8INO3. The molecule has 0 aromatic heterocycles. The minimum absolute atomic E-state index is 0.0837. The molecule has 0 saturated heterocycles. The topological polar surface area (TPSA) is 72.5 Å². The lowest BCUT2D eigenvalue weighted by Gasteiger charge is -2.05. The van der Waals surface area contributed by atoms with Gasteiger partial charge < -0.3 is 15.6 Å². The van der Waals surface area contributed by atoms with Gasteiger partial charge in [0, 0.05) is 9.26 Å². The molecule has 0 spiro atoms. The zero-order valence-electron chi connectivity index (χ0n) is 6.87. The van der Waals surface area contributed by atoms with E-state index < -0.39 is 5.97 Å². The van der Waals surface area contributed by atoms with Crippen molar-refractivity contribution < 1.29 is 14.6 Å². The number of nitrogens with two attached hydrogens (primary N) is 1. The van der Waals surface area contributed by atoms with E-state index in [9.17, 15) is 9.90 Å². The number of aromatic hydroxyl groups is 1. The summed E-state index contributed by atoms with van der Waals surface area (Å²) >= 11 is 1.97. The normalized spacial score (nSPS) is 9.69. The van der Waals surface area contributed by atoms with Crippen molar-refractivity contribution in [3.05, 3.63) is 21.3 Å². The molecule has 0 bridgehead atoms. The highest BCUT2D eigenvalue weighted by Crippen LogP contribution is 2.25. The highest BCUT2D eigenvalue weighted by molar-refractivity contribution is 14.1. The first-order chi connectivity index (χ1) is 6.06. The van der Waals surface area contributed by atoms with Gasteiger partial charge in [-0.3, -0.25) is 0 Å². The van der Waals surface area contributed by atoms with Crippen molar-refractivity contribution in [2.75, 3.05) is 12.8 Å². The average Bonchev–Trinajstić information content (AvgIpc) is 2.10. The number of nitrogen functional groups attached to an aromatic ring is 1. The summed E-state index contributed by atoms with van der Waals surface area (Å²) in [7, 11) is 1.25. The van der Waals surface area contributed by atoms with E-state index in [1.54, 1.807) is 0 Å². The summed E-state index contributed by atoms with van der Waals surface area (Å²) in [6.07, 6.45) is 0. The quantitative estimate of drug-likeness (QED) is 0.355. The number of hydrogen-bond donors (Lipinski definition) is 2. The molecule has 0 saturated carbocycles. The summed E-state index contributed by atoms with van der Waals surface area (Å²) in [5.41, 5.74) is 6.08. The van der Waals surface area contributed by atoms with E-state index in [0.717, 1.165) is 0 Å². The molecule has 0 amide bonds. The van der Waals surface area contributed by atoms with Gasteiger partial charge in [-0.15, -0.1) is 0 Å². The monoisotopic (exact) mass is 293 g/mol. The van der Waals surface area contributed by atoms with E-state index in [2.05, 4.69) is 4.74 Å². The standard InChI is InChI=1S/C8H8INO3/c1-13-8(12)4-2-6(10)5(9)3-7(4)11/h2-3,11H,10H2,1H3. The molecule has 1 aromatic rings. The summed E-state index contributed by atoms with van der Waals surface area (Å²) in [6, 6.07) is 2.81. The number of anilines is 1. The smallest absolute Gasteiger partial charge is 0.341 e. The second-order valence-corrected chi connectivity index (χ2v) is 3.54. The Balaban J connectivity index is 3.23. The zero-order chi connectivity index (χ0) is 10.0. The second-order valence-electron chi connectivity index (χ2n) is 2.38. The molecule has 70 valence electrons. The van der Waals surface area contributed by atoms with Crippen LogP contribution < -0.4 is 5.73 Å². The third-order valence-corrected chi connectivity index (χ3v) is 2.45. The van der Waals surface area contributed by atoms with Crippen LogP contribution >= 0.6 is 22.6 Å². The van der Waals surface area contributed by atoms with E-state index in [0.29, 0.717) is 9.26 Å². The number of ether oxygens (including phenoxy) is 1. The number of methoxy groups -OCH3 is 1. The van der Waals surface area contributed by atoms with E-state index in [4.69, 9.17) is 5.73 Å². The number of benzene rings is 1. The summed E-state index contributed by atoms with van der Waals surface area (Å²) in [5, 5.41) is 9.36. The highest BCUT2D eigenvalue weighted by Gasteiger charge is 2.13. The first-order valence-electron chi connectivity index (χ1n) is 3.42. The number of carbonyl (C=O) groups excluding carboxylic acids is 1. The molecule has 0 aliphatic rings. The van der Waals surface area contributed by atoms with Gasteiger partial charge in [-0.2, -0.15) is 0 Å². The van der Waals surface area contributed by atoms with Crippen LogP contribution in [0.1, 0.15) is 10.4 Å². The predicted molar refractivity (Wildman–Crippen MR) is 56.6 cm³/mol. The number of esters is 1. The summed E-state index contributed by atoms with van der Waals surface area (Å²) in [6.45, 7) is 0. The van der Waals surface area contributed by atoms with Crippen LogP contribution in [0.2, 0.25) is 0 Å². The predicted octanol–water partition coefficient (Wildman–Crippen LogP) is 1.37. The molecule has 5 heteroatoms. The number of halogens is 1. The minimum Gasteiger partial charge on any atom is -0.507 e. The molecule has 0 heterocycles. The Labute approximate surface area is 88.8 Å². The third-order valence-electron chi connectivity index (χ3n) is 1.52. The van der Waals surface area contributed by atoms with Gasteiger partial charge in [0.25, 0.3) is 0 Å². The Morgan fingerprint density at radius 2 is 2.23 bits per heavy atom. The first kappa shape index (κ1) is 10.1. The lowest BCUT2D eigenvalue weighted by molar-refractivity contribution is 0.0597. The third kappa shape index (κ3) is 2.03. The first-order valence-corrected chi connectivity index (χ1v) is 4.50. The minimum atomic E-state index is -0.597. The van der Waals surface area contributed by atoms with Gasteiger partial charge in [-0.1, -0.05) is 0 Å². The van der Waals surface area contributed by atoms with Gasteiger partial charge >= 0.3 is 5.97 Å². The van der Waals surface area contributed by atoms with E-state index >= 15 is 0 Å². The van der Waals surface area contributed by atoms with Crippen molar-refractivity contribution in [3.8, 4) is 5.75 Å². The largest absolute Gasteiger partial charge is 0.507 e. The van der Waals surface area contributed by atoms with Crippen LogP contribution in [0, 0.1) is 3.57 Å². The van der Waals surface area contributed by atoms with Crippen LogP contribution in [-0.2, 0) is 4.74 Å². The van der Waals surface area contributed by atoms with E-state index in [1.807, 2.05) is 22.6 Å². The Morgan fingerprint density at radius 3 is 2.77 bits per heavy atom. The van der Waals surface area contributed by atoms with Crippen LogP contribution in [0.15, 0.2) is 12.1 Å². The van der Waals surface area contributed by atoms with Gasteiger partial charge in [0.05, 0.1) is 7.11 Å². The summed E-state index contributed by atoms with van der Waals surface area (Å²) in [5.74, 6) is -0.717. The maximum Gasteiger partial charge on any atom is 0.341 e. The van der Waals surface area contributed by atoms with Crippen LogP contribution in [-0.4, -0.2) is 18.2 Å². The molecule has 4 nitrogen and oxygen atoms in total. The molecule has 0 aliphatic heterocycles. The van der Waals surface area contributed by atoms with Gasteiger partial charge in [0.15, 0.2) is 0 Å². The van der Waals surface area contributed by atoms with Crippen molar-refractivity contribution in [1.29, 1.82) is 0 Å². The molecule has 13 heavy (non-hydrogen) atoms. The summed E-state index contributed by atoms with van der Waals surface area (Å²) < 4.78 is 5.15. The Bertz CT molecular complexity index is 351. The Kier molecular flexibility index (Phi) is 2.97. The van der Waals surface area contributed by atoms with Gasteiger partial charge in [0.2, 0.25) is 0 Å². The molecule has 1 aromatic carbocycles. The molecular weight excluding hydrogens is 285 g/mol. The molecule has 3 N–H and O–H groups in total. The fourth-order valence-electron chi connectivity index (χ4n) is 0.853. The van der Waals surface area contributed by atoms with Crippen molar-refractivity contribution in [3.63, 3.8) is 0 Å². The van der Waals surface area contributed by atoms with Crippen LogP contribution in [0.5, 0.6) is 5.75 Å². The molecule has 0 unspecified atom stereocenters. The van der Waals surface area contributed by atoms with Crippen LogP contribution in [0.3, 0.4) is 0 Å². The maximum absolute atomic E-state index is 11.1.